The molecule has 0 saturated heterocycles. The summed E-state index contributed by atoms with van der Waals surface area (Å²) >= 11 is 0. The first kappa shape index (κ1) is 11.9. The van der Waals surface area contributed by atoms with Gasteiger partial charge in [0.05, 0.1) is 25.4 Å². The van der Waals surface area contributed by atoms with E-state index in [2.05, 4.69) is 10.6 Å². The summed E-state index contributed by atoms with van der Waals surface area (Å²) in [6.07, 6.45) is 0. The van der Waals surface area contributed by atoms with E-state index in [1.54, 1.807) is 13.2 Å². The van der Waals surface area contributed by atoms with E-state index in [1.165, 1.54) is 0 Å². The lowest BCUT2D eigenvalue weighted by atomic mass is 10.3. The van der Waals surface area contributed by atoms with Crippen LogP contribution in [0.15, 0.2) is 24.3 Å². The van der Waals surface area contributed by atoms with Crippen molar-refractivity contribution in [1.29, 1.82) is 5.26 Å². The van der Waals surface area contributed by atoms with Crippen molar-refractivity contribution >= 4 is 11.6 Å². The van der Waals surface area contributed by atoms with E-state index in [0.29, 0.717) is 5.75 Å². The number of nitrogens with zero attached hydrogens (tertiary/aromatic N) is 1. The summed E-state index contributed by atoms with van der Waals surface area (Å²) in [5, 5.41) is 13.6. The Morgan fingerprint density at radius 1 is 1.50 bits per heavy atom. The fraction of sp³-hybridized carbons (Fsp3) is 0.273. The highest BCUT2D eigenvalue weighted by molar-refractivity contribution is 5.81. The molecule has 16 heavy (non-hydrogen) atoms. The molecule has 0 aliphatic carbocycles. The molecular formula is C11H13N3O2. The van der Waals surface area contributed by atoms with Crippen molar-refractivity contribution < 1.29 is 9.53 Å². The van der Waals surface area contributed by atoms with Crippen LogP contribution < -0.4 is 15.4 Å². The number of anilines is 1. The first-order chi connectivity index (χ1) is 7.77. The van der Waals surface area contributed by atoms with E-state index in [9.17, 15) is 4.79 Å². The molecule has 0 atom stereocenters. The molecule has 5 nitrogen and oxygen atoms in total. The molecule has 0 radical (unpaired) electrons. The maximum atomic E-state index is 11.2. The van der Waals surface area contributed by atoms with Gasteiger partial charge in [-0.1, -0.05) is 12.1 Å². The second-order valence-electron chi connectivity index (χ2n) is 2.99. The van der Waals surface area contributed by atoms with Crippen molar-refractivity contribution in [3.8, 4) is 11.8 Å². The number of rotatable bonds is 5. The fourth-order valence-corrected chi connectivity index (χ4v) is 1.17. The lowest BCUT2D eigenvalue weighted by Crippen LogP contribution is -2.30. The zero-order chi connectivity index (χ0) is 11.8. The average molecular weight is 219 g/mol. The Morgan fingerprint density at radius 2 is 2.25 bits per heavy atom. The number of carbonyl (C=O) groups excluding carboxylic acids is 1. The van der Waals surface area contributed by atoms with Gasteiger partial charge >= 0.3 is 0 Å². The van der Waals surface area contributed by atoms with Gasteiger partial charge in [-0.2, -0.15) is 5.26 Å². The minimum absolute atomic E-state index is 0.0203. The number of nitriles is 1. The molecule has 1 aromatic rings. The third-order valence-corrected chi connectivity index (χ3v) is 1.91. The van der Waals surface area contributed by atoms with Crippen molar-refractivity contribution in [2.45, 2.75) is 0 Å². The molecule has 0 saturated carbocycles. The van der Waals surface area contributed by atoms with E-state index in [4.69, 9.17) is 10.00 Å². The molecule has 0 unspecified atom stereocenters. The first-order valence-corrected chi connectivity index (χ1v) is 4.78. The Kier molecular flexibility index (Phi) is 4.67. The quantitative estimate of drug-likeness (QED) is 0.716. The number of nitrogens with one attached hydrogen (secondary N) is 2. The lowest BCUT2D eigenvalue weighted by Gasteiger charge is -2.09. The first-order valence-electron chi connectivity index (χ1n) is 4.78. The van der Waals surface area contributed by atoms with Gasteiger partial charge in [-0.3, -0.25) is 4.79 Å². The van der Waals surface area contributed by atoms with Crippen LogP contribution in [0.3, 0.4) is 0 Å². The predicted octanol–water partition coefficient (Wildman–Crippen LogP) is 0.747. The number of para-hydroxylation sites is 2. The van der Waals surface area contributed by atoms with Crippen LogP contribution in [-0.2, 0) is 4.79 Å². The number of hydrogen-bond acceptors (Lipinski definition) is 4. The zero-order valence-corrected chi connectivity index (χ0v) is 8.99. The minimum atomic E-state index is -0.229. The van der Waals surface area contributed by atoms with Gasteiger partial charge in [0.15, 0.2) is 0 Å². The summed E-state index contributed by atoms with van der Waals surface area (Å²) in [5.74, 6) is 0.447. The largest absolute Gasteiger partial charge is 0.495 e. The molecule has 5 heteroatoms. The summed E-state index contributed by atoms with van der Waals surface area (Å²) in [6, 6.07) is 9.14. The molecule has 1 rings (SSSR count). The normalized spacial score (nSPS) is 9.00. The van der Waals surface area contributed by atoms with E-state index in [1.807, 2.05) is 24.3 Å². The average Bonchev–Trinajstić information content (AvgIpc) is 2.34. The SMILES string of the molecule is COc1ccccc1NCC(=O)NCC#N. The number of amides is 1. The number of methoxy groups -OCH3 is 1. The van der Waals surface area contributed by atoms with Gasteiger partial charge in [0, 0.05) is 0 Å². The maximum Gasteiger partial charge on any atom is 0.240 e. The third kappa shape index (κ3) is 3.50. The highest BCUT2D eigenvalue weighted by Crippen LogP contribution is 2.22. The Hall–Kier alpha value is -2.22. The number of benzene rings is 1. The van der Waals surface area contributed by atoms with E-state index in [-0.39, 0.29) is 19.0 Å². The lowest BCUT2D eigenvalue weighted by molar-refractivity contribution is -0.119. The van der Waals surface area contributed by atoms with Gasteiger partial charge in [-0.25, -0.2) is 0 Å². The Labute approximate surface area is 94.0 Å². The molecule has 2 N–H and O–H groups in total. The topological polar surface area (TPSA) is 74.2 Å². The van der Waals surface area contributed by atoms with Crippen LogP contribution in [0.4, 0.5) is 5.69 Å². The zero-order valence-electron chi connectivity index (χ0n) is 8.99. The fourth-order valence-electron chi connectivity index (χ4n) is 1.17. The molecule has 1 amide bonds. The van der Waals surface area contributed by atoms with Gasteiger partial charge in [-0.15, -0.1) is 0 Å². The maximum absolute atomic E-state index is 11.2. The van der Waals surface area contributed by atoms with E-state index >= 15 is 0 Å². The van der Waals surface area contributed by atoms with Gasteiger partial charge in [0.2, 0.25) is 5.91 Å². The summed E-state index contributed by atoms with van der Waals surface area (Å²) in [4.78, 5) is 11.2. The van der Waals surface area contributed by atoms with Gasteiger partial charge in [0.25, 0.3) is 0 Å². The van der Waals surface area contributed by atoms with Gasteiger partial charge < -0.3 is 15.4 Å². The van der Waals surface area contributed by atoms with Crippen LogP contribution in [-0.4, -0.2) is 26.1 Å². The Bertz CT molecular complexity index is 398. The highest BCUT2D eigenvalue weighted by Gasteiger charge is 2.03. The van der Waals surface area contributed by atoms with Crippen molar-refractivity contribution in [2.75, 3.05) is 25.5 Å². The second kappa shape index (κ2) is 6.30. The molecule has 0 aliphatic rings. The van der Waals surface area contributed by atoms with Crippen LogP contribution in [0.2, 0.25) is 0 Å². The molecule has 0 heterocycles. The monoisotopic (exact) mass is 219 g/mol. The summed E-state index contributed by atoms with van der Waals surface area (Å²) in [5.41, 5.74) is 0.747. The predicted molar refractivity (Wildman–Crippen MR) is 60.1 cm³/mol. The van der Waals surface area contributed by atoms with Crippen molar-refractivity contribution in [2.24, 2.45) is 0 Å². The molecule has 1 aromatic carbocycles. The third-order valence-electron chi connectivity index (χ3n) is 1.91. The standard InChI is InChI=1S/C11H13N3O2/c1-16-10-5-3-2-4-9(10)14-8-11(15)13-7-6-12/h2-5,14H,7-8H2,1H3,(H,13,15). The van der Waals surface area contributed by atoms with Crippen LogP contribution >= 0.6 is 0 Å². The highest BCUT2D eigenvalue weighted by atomic mass is 16.5. The molecule has 0 aromatic heterocycles. The van der Waals surface area contributed by atoms with Gasteiger partial charge in [0.1, 0.15) is 12.3 Å². The van der Waals surface area contributed by atoms with Crippen LogP contribution in [0.25, 0.3) is 0 Å². The molecule has 0 spiro atoms. The summed E-state index contributed by atoms with van der Waals surface area (Å²) < 4.78 is 5.11. The van der Waals surface area contributed by atoms with Gasteiger partial charge in [-0.05, 0) is 12.1 Å². The van der Waals surface area contributed by atoms with Crippen molar-refractivity contribution in [1.82, 2.24) is 5.32 Å². The minimum Gasteiger partial charge on any atom is -0.495 e. The van der Waals surface area contributed by atoms with Crippen LogP contribution in [0, 0.1) is 11.3 Å². The summed E-state index contributed by atoms with van der Waals surface area (Å²) in [6.45, 7) is 0.133. The smallest absolute Gasteiger partial charge is 0.240 e. The molecule has 84 valence electrons. The Balaban J connectivity index is 2.48. The molecule has 0 bridgehead atoms. The molecule has 0 fully saturated rings. The van der Waals surface area contributed by atoms with E-state index in [0.717, 1.165) is 5.69 Å². The van der Waals surface area contributed by atoms with Crippen LogP contribution in [0.1, 0.15) is 0 Å². The molecular weight excluding hydrogens is 206 g/mol. The number of ether oxygens (including phenoxy) is 1. The Morgan fingerprint density at radius 3 is 2.94 bits per heavy atom. The summed E-state index contributed by atoms with van der Waals surface area (Å²) in [7, 11) is 1.57. The van der Waals surface area contributed by atoms with Crippen molar-refractivity contribution in [3.63, 3.8) is 0 Å². The second-order valence-corrected chi connectivity index (χ2v) is 2.99. The number of hydrogen-bond donors (Lipinski definition) is 2. The number of carbonyl (C=O) groups is 1. The molecule has 0 aliphatic heterocycles. The van der Waals surface area contributed by atoms with Crippen molar-refractivity contribution in [3.05, 3.63) is 24.3 Å². The van der Waals surface area contributed by atoms with E-state index < -0.39 is 0 Å². The van der Waals surface area contributed by atoms with Crippen LogP contribution in [0.5, 0.6) is 5.75 Å².